The van der Waals surface area contributed by atoms with Crippen molar-refractivity contribution >= 4 is 35.5 Å². The van der Waals surface area contributed by atoms with Gasteiger partial charge in [-0.05, 0) is 18.6 Å². The lowest BCUT2D eigenvalue weighted by molar-refractivity contribution is -0.139. The van der Waals surface area contributed by atoms with E-state index in [-0.39, 0.29) is 12.8 Å². The first-order chi connectivity index (χ1) is 13.3. The minimum Gasteiger partial charge on any atom is -0.480 e. The van der Waals surface area contributed by atoms with Crippen LogP contribution < -0.4 is 16.4 Å². The van der Waals surface area contributed by atoms with E-state index in [1.54, 1.807) is 0 Å². The summed E-state index contributed by atoms with van der Waals surface area (Å²) in [6.07, 6.45) is 6.78. The van der Waals surface area contributed by atoms with Crippen molar-refractivity contribution in [2.24, 2.45) is 5.73 Å². The fourth-order valence-electron chi connectivity index (χ4n) is 2.33. The molecule has 0 radical (unpaired) electrons. The topological polar surface area (TPSA) is 159 Å². The summed E-state index contributed by atoms with van der Waals surface area (Å²) in [7, 11) is 0. The fourth-order valence-corrected chi connectivity index (χ4v) is 3.38. The standard InChI is InChI=1S/C18H33N3O6S/c1-2-3-4-5-6-7-10-28-12-14(17(25)20-11-16(23)24)21-15(22)9-8-13(19)18(26)27/h13-14H,2-12,19H2,1H3,(H,20,25)(H,21,22)(H,23,24)(H,26,27)/t13-,14+/m0/s1. The Balaban J connectivity index is 4.37. The van der Waals surface area contributed by atoms with Gasteiger partial charge in [0, 0.05) is 12.2 Å². The second kappa shape index (κ2) is 16.2. The number of hydrogen-bond donors (Lipinski definition) is 5. The molecule has 0 spiro atoms. The van der Waals surface area contributed by atoms with Crippen LogP contribution in [0.25, 0.3) is 0 Å². The van der Waals surface area contributed by atoms with Gasteiger partial charge in [-0.15, -0.1) is 0 Å². The molecule has 0 rings (SSSR count). The number of carboxylic acids is 2. The quantitative estimate of drug-likeness (QED) is 0.218. The number of amides is 2. The highest BCUT2D eigenvalue weighted by Gasteiger charge is 2.22. The van der Waals surface area contributed by atoms with Gasteiger partial charge in [0.15, 0.2) is 0 Å². The third-order valence-corrected chi connectivity index (χ3v) is 5.14. The highest BCUT2D eigenvalue weighted by molar-refractivity contribution is 7.99. The van der Waals surface area contributed by atoms with Gasteiger partial charge >= 0.3 is 11.9 Å². The lowest BCUT2D eigenvalue weighted by atomic mass is 10.1. The number of nitrogens with one attached hydrogen (secondary N) is 2. The molecule has 10 heteroatoms. The van der Waals surface area contributed by atoms with Gasteiger partial charge in [-0.1, -0.05) is 39.0 Å². The van der Waals surface area contributed by atoms with Crippen LogP contribution in [0.15, 0.2) is 0 Å². The molecule has 0 heterocycles. The van der Waals surface area contributed by atoms with Crippen molar-refractivity contribution in [1.82, 2.24) is 10.6 Å². The Morgan fingerprint density at radius 1 is 1.04 bits per heavy atom. The van der Waals surface area contributed by atoms with E-state index in [9.17, 15) is 19.2 Å². The number of aliphatic carboxylic acids is 2. The summed E-state index contributed by atoms with van der Waals surface area (Å²) in [6, 6.07) is -2.02. The van der Waals surface area contributed by atoms with Gasteiger partial charge in [-0.2, -0.15) is 11.8 Å². The second-order valence-electron chi connectivity index (χ2n) is 6.56. The maximum absolute atomic E-state index is 12.1. The summed E-state index contributed by atoms with van der Waals surface area (Å²) in [5, 5.41) is 22.2. The van der Waals surface area contributed by atoms with E-state index in [0.717, 1.165) is 18.6 Å². The van der Waals surface area contributed by atoms with Gasteiger partial charge in [-0.3, -0.25) is 19.2 Å². The molecule has 162 valence electrons. The van der Waals surface area contributed by atoms with Crippen LogP contribution in [-0.2, 0) is 19.2 Å². The van der Waals surface area contributed by atoms with Crippen LogP contribution in [0.1, 0.15) is 58.3 Å². The van der Waals surface area contributed by atoms with Gasteiger partial charge in [0.1, 0.15) is 18.6 Å². The summed E-state index contributed by atoms with van der Waals surface area (Å²) >= 11 is 1.52. The van der Waals surface area contributed by atoms with E-state index in [1.807, 2.05) is 0 Å². The molecule has 0 bridgehead atoms. The van der Waals surface area contributed by atoms with Crippen LogP contribution in [0.2, 0.25) is 0 Å². The molecule has 6 N–H and O–H groups in total. The predicted octanol–water partition coefficient (Wildman–Crippen LogP) is 0.958. The number of thioether (sulfide) groups is 1. The smallest absolute Gasteiger partial charge is 0.322 e. The van der Waals surface area contributed by atoms with Crippen LogP contribution >= 0.6 is 11.8 Å². The first-order valence-electron chi connectivity index (χ1n) is 9.62. The first kappa shape index (κ1) is 26.2. The molecule has 2 amide bonds. The van der Waals surface area contributed by atoms with E-state index in [1.165, 1.54) is 37.4 Å². The Hall–Kier alpha value is -1.81. The van der Waals surface area contributed by atoms with Gasteiger partial charge in [0.05, 0.1) is 0 Å². The Bertz CT molecular complexity index is 504. The van der Waals surface area contributed by atoms with E-state index < -0.39 is 42.4 Å². The number of carbonyl (C=O) groups is 4. The Morgan fingerprint density at radius 3 is 2.29 bits per heavy atom. The normalized spacial score (nSPS) is 12.8. The van der Waals surface area contributed by atoms with Crippen LogP contribution in [0.3, 0.4) is 0 Å². The van der Waals surface area contributed by atoms with Crippen molar-refractivity contribution in [1.29, 1.82) is 0 Å². The number of hydrogen-bond acceptors (Lipinski definition) is 6. The monoisotopic (exact) mass is 419 g/mol. The summed E-state index contributed by atoms with van der Waals surface area (Å²) < 4.78 is 0. The SMILES string of the molecule is CCCCCCCCSC[C@@H](NC(=O)CC[C@H](N)C(=O)O)C(=O)NCC(=O)O. The predicted molar refractivity (Wildman–Crippen MR) is 108 cm³/mol. The molecule has 0 aromatic heterocycles. The maximum atomic E-state index is 12.1. The summed E-state index contributed by atoms with van der Waals surface area (Å²) in [5.41, 5.74) is 5.37. The third kappa shape index (κ3) is 14.3. The molecule has 0 aliphatic heterocycles. The summed E-state index contributed by atoms with van der Waals surface area (Å²) in [4.78, 5) is 45.5. The molecule has 28 heavy (non-hydrogen) atoms. The molecule has 2 atom stereocenters. The van der Waals surface area contributed by atoms with Crippen LogP contribution in [0, 0.1) is 0 Å². The van der Waals surface area contributed by atoms with Gasteiger partial charge in [0.2, 0.25) is 11.8 Å². The first-order valence-corrected chi connectivity index (χ1v) is 10.8. The molecule has 0 saturated carbocycles. The van der Waals surface area contributed by atoms with Gasteiger partial charge < -0.3 is 26.6 Å². The van der Waals surface area contributed by atoms with Crippen molar-refractivity contribution in [2.75, 3.05) is 18.1 Å². The van der Waals surface area contributed by atoms with Crippen molar-refractivity contribution in [2.45, 2.75) is 70.4 Å². The van der Waals surface area contributed by atoms with Crippen molar-refractivity contribution in [3.05, 3.63) is 0 Å². The zero-order valence-electron chi connectivity index (χ0n) is 16.4. The van der Waals surface area contributed by atoms with Crippen LogP contribution in [0.5, 0.6) is 0 Å². The average molecular weight is 420 g/mol. The molecule has 9 nitrogen and oxygen atoms in total. The number of nitrogens with two attached hydrogens (primary N) is 1. The molecule has 0 saturated heterocycles. The lowest BCUT2D eigenvalue weighted by Crippen LogP contribution is -2.49. The molecule has 0 aromatic carbocycles. The average Bonchev–Trinajstić information content (AvgIpc) is 2.64. The fraction of sp³-hybridized carbons (Fsp3) is 0.778. The van der Waals surface area contributed by atoms with Gasteiger partial charge in [0.25, 0.3) is 0 Å². The zero-order chi connectivity index (χ0) is 21.4. The number of unbranched alkanes of at least 4 members (excludes halogenated alkanes) is 5. The Morgan fingerprint density at radius 2 is 1.68 bits per heavy atom. The highest BCUT2D eigenvalue weighted by atomic mass is 32.2. The molecule has 0 aliphatic carbocycles. The van der Waals surface area contributed by atoms with E-state index in [4.69, 9.17) is 15.9 Å². The maximum Gasteiger partial charge on any atom is 0.322 e. The van der Waals surface area contributed by atoms with Crippen molar-refractivity contribution < 1.29 is 29.4 Å². The number of rotatable bonds is 17. The lowest BCUT2D eigenvalue weighted by Gasteiger charge is -2.18. The Kier molecular flexibility index (Phi) is 15.1. The third-order valence-electron chi connectivity index (χ3n) is 3.99. The molecular weight excluding hydrogens is 386 g/mol. The summed E-state index contributed by atoms with van der Waals surface area (Å²) in [6.45, 7) is 1.63. The number of carbonyl (C=O) groups excluding carboxylic acids is 2. The van der Waals surface area contributed by atoms with Crippen LogP contribution in [-0.4, -0.2) is 64.1 Å². The Labute approximate surface area is 170 Å². The minimum absolute atomic E-state index is 0.0461. The molecule has 0 unspecified atom stereocenters. The highest BCUT2D eigenvalue weighted by Crippen LogP contribution is 2.11. The van der Waals surface area contributed by atoms with E-state index in [0.29, 0.717) is 5.75 Å². The molecule has 0 aromatic rings. The number of carboxylic acid groups (broad SMARTS) is 2. The molecule has 0 aliphatic rings. The largest absolute Gasteiger partial charge is 0.480 e. The zero-order valence-corrected chi connectivity index (χ0v) is 17.3. The van der Waals surface area contributed by atoms with Crippen molar-refractivity contribution in [3.8, 4) is 0 Å². The van der Waals surface area contributed by atoms with Crippen LogP contribution in [0.4, 0.5) is 0 Å². The van der Waals surface area contributed by atoms with E-state index in [2.05, 4.69) is 17.6 Å². The van der Waals surface area contributed by atoms with Gasteiger partial charge in [-0.25, -0.2) is 0 Å². The van der Waals surface area contributed by atoms with Crippen molar-refractivity contribution in [3.63, 3.8) is 0 Å². The molecular formula is C18H33N3O6S. The second-order valence-corrected chi connectivity index (χ2v) is 7.71. The minimum atomic E-state index is -1.20. The van der Waals surface area contributed by atoms with E-state index >= 15 is 0 Å². The summed E-state index contributed by atoms with van der Waals surface area (Å²) in [5.74, 6) is -2.28. The molecule has 0 fully saturated rings.